The van der Waals surface area contributed by atoms with Crippen LogP contribution in [0.5, 0.6) is 5.75 Å². The molecule has 0 radical (unpaired) electrons. The maximum absolute atomic E-state index is 11.1. The van der Waals surface area contributed by atoms with Gasteiger partial charge in [0.1, 0.15) is 5.75 Å². The molecule has 1 unspecified atom stereocenters. The van der Waals surface area contributed by atoms with Gasteiger partial charge in [0.2, 0.25) is 0 Å². The van der Waals surface area contributed by atoms with Gasteiger partial charge in [0.25, 0.3) is 0 Å². The second kappa shape index (κ2) is 6.91. The van der Waals surface area contributed by atoms with Crippen LogP contribution in [0.3, 0.4) is 0 Å². The number of methoxy groups -OCH3 is 2. The SMILES string of the molecule is CCC(NCC(=O)OC)c1ccccc1OC. The topological polar surface area (TPSA) is 47.6 Å². The fourth-order valence-corrected chi connectivity index (χ4v) is 1.71. The Labute approximate surface area is 102 Å². The third-order valence-electron chi connectivity index (χ3n) is 2.64. The van der Waals surface area contributed by atoms with Crippen molar-refractivity contribution in [3.05, 3.63) is 29.8 Å². The summed E-state index contributed by atoms with van der Waals surface area (Å²) < 4.78 is 9.91. The van der Waals surface area contributed by atoms with Gasteiger partial charge in [-0.1, -0.05) is 25.1 Å². The average molecular weight is 237 g/mol. The molecule has 4 heteroatoms. The Bertz CT molecular complexity index is 365. The largest absolute Gasteiger partial charge is 0.496 e. The first kappa shape index (κ1) is 13.5. The van der Waals surface area contributed by atoms with E-state index < -0.39 is 0 Å². The molecular weight excluding hydrogens is 218 g/mol. The highest BCUT2D eigenvalue weighted by Gasteiger charge is 2.14. The number of rotatable bonds is 6. The van der Waals surface area contributed by atoms with Crippen LogP contribution < -0.4 is 10.1 Å². The van der Waals surface area contributed by atoms with Gasteiger partial charge in [-0.05, 0) is 12.5 Å². The Morgan fingerprint density at radius 2 is 2.06 bits per heavy atom. The predicted molar refractivity (Wildman–Crippen MR) is 66.0 cm³/mol. The molecule has 4 nitrogen and oxygen atoms in total. The summed E-state index contributed by atoms with van der Waals surface area (Å²) >= 11 is 0. The predicted octanol–water partition coefficient (Wildman–Crippen LogP) is 1.91. The van der Waals surface area contributed by atoms with Crippen molar-refractivity contribution in [2.45, 2.75) is 19.4 Å². The van der Waals surface area contributed by atoms with E-state index in [0.717, 1.165) is 17.7 Å². The molecule has 1 atom stereocenters. The van der Waals surface area contributed by atoms with Crippen LogP contribution in [-0.4, -0.2) is 26.7 Å². The van der Waals surface area contributed by atoms with Gasteiger partial charge in [-0.15, -0.1) is 0 Å². The average Bonchev–Trinajstić information content (AvgIpc) is 2.39. The third-order valence-corrected chi connectivity index (χ3v) is 2.64. The lowest BCUT2D eigenvalue weighted by molar-refractivity contribution is -0.139. The molecule has 0 amide bonds. The van der Waals surface area contributed by atoms with Gasteiger partial charge in [0.05, 0.1) is 20.8 Å². The van der Waals surface area contributed by atoms with Gasteiger partial charge in [-0.25, -0.2) is 0 Å². The standard InChI is InChI=1S/C13H19NO3/c1-4-11(14-9-13(15)17-3)10-7-5-6-8-12(10)16-2/h5-8,11,14H,4,9H2,1-3H3. The Balaban J connectivity index is 2.75. The van der Waals surface area contributed by atoms with E-state index in [4.69, 9.17) is 4.74 Å². The van der Waals surface area contributed by atoms with E-state index in [9.17, 15) is 4.79 Å². The first-order valence-electron chi connectivity index (χ1n) is 5.66. The van der Waals surface area contributed by atoms with E-state index in [1.54, 1.807) is 7.11 Å². The molecule has 17 heavy (non-hydrogen) atoms. The molecule has 0 bridgehead atoms. The Morgan fingerprint density at radius 1 is 1.35 bits per heavy atom. The van der Waals surface area contributed by atoms with Crippen LogP contribution in [0, 0.1) is 0 Å². The summed E-state index contributed by atoms with van der Waals surface area (Å²) in [6.07, 6.45) is 0.872. The Kier molecular flexibility index (Phi) is 5.49. The number of hydrogen-bond acceptors (Lipinski definition) is 4. The lowest BCUT2D eigenvalue weighted by atomic mass is 10.0. The maximum atomic E-state index is 11.1. The number of carbonyl (C=O) groups excluding carboxylic acids is 1. The third kappa shape index (κ3) is 3.75. The van der Waals surface area contributed by atoms with Crippen LogP contribution in [0.15, 0.2) is 24.3 Å². The molecule has 0 aliphatic heterocycles. The molecule has 1 aromatic carbocycles. The highest BCUT2D eigenvalue weighted by Crippen LogP contribution is 2.26. The molecule has 1 rings (SSSR count). The van der Waals surface area contributed by atoms with E-state index in [0.29, 0.717) is 0 Å². The lowest BCUT2D eigenvalue weighted by Gasteiger charge is -2.19. The molecule has 0 heterocycles. The number of hydrogen-bond donors (Lipinski definition) is 1. The van der Waals surface area contributed by atoms with E-state index in [-0.39, 0.29) is 18.6 Å². The van der Waals surface area contributed by atoms with Crippen LogP contribution >= 0.6 is 0 Å². The van der Waals surface area contributed by atoms with Crippen molar-refractivity contribution in [2.24, 2.45) is 0 Å². The summed E-state index contributed by atoms with van der Waals surface area (Å²) in [5.74, 6) is 0.565. The van der Waals surface area contributed by atoms with Crippen molar-refractivity contribution in [3.8, 4) is 5.75 Å². The van der Waals surface area contributed by atoms with Crippen molar-refractivity contribution in [3.63, 3.8) is 0 Å². The molecule has 0 aliphatic rings. The molecule has 1 aromatic rings. The monoisotopic (exact) mass is 237 g/mol. The van der Waals surface area contributed by atoms with Crippen LogP contribution in [0.4, 0.5) is 0 Å². The fraction of sp³-hybridized carbons (Fsp3) is 0.462. The zero-order valence-electron chi connectivity index (χ0n) is 10.5. The number of para-hydroxylation sites is 1. The summed E-state index contributed by atoms with van der Waals surface area (Å²) in [6.45, 7) is 2.26. The first-order chi connectivity index (χ1) is 8.22. The van der Waals surface area contributed by atoms with E-state index in [2.05, 4.69) is 17.0 Å². The van der Waals surface area contributed by atoms with Crippen LogP contribution in [0.1, 0.15) is 24.9 Å². The second-order valence-electron chi connectivity index (χ2n) is 3.66. The minimum atomic E-state index is -0.265. The minimum Gasteiger partial charge on any atom is -0.496 e. The molecule has 1 N–H and O–H groups in total. The van der Waals surface area contributed by atoms with E-state index >= 15 is 0 Å². The molecule has 0 aliphatic carbocycles. The van der Waals surface area contributed by atoms with Crippen molar-refractivity contribution >= 4 is 5.97 Å². The fourth-order valence-electron chi connectivity index (χ4n) is 1.71. The van der Waals surface area contributed by atoms with Crippen LogP contribution in [-0.2, 0) is 9.53 Å². The number of benzene rings is 1. The van der Waals surface area contributed by atoms with Crippen molar-refractivity contribution < 1.29 is 14.3 Å². The minimum absolute atomic E-state index is 0.0882. The first-order valence-corrected chi connectivity index (χ1v) is 5.66. The van der Waals surface area contributed by atoms with Gasteiger partial charge in [-0.3, -0.25) is 10.1 Å². The van der Waals surface area contributed by atoms with Gasteiger partial charge < -0.3 is 9.47 Å². The molecular formula is C13H19NO3. The number of carbonyl (C=O) groups is 1. The number of esters is 1. The molecule has 0 fully saturated rings. The molecule has 0 spiro atoms. The molecule has 0 aromatic heterocycles. The van der Waals surface area contributed by atoms with Gasteiger partial charge in [-0.2, -0.15) is 0 Å². The van der Waals surface area contributed by atoms with Crippen molar-refractivity contribution in [1.29, 1.82) is 0 Å². The van der Waals surface area contributed by atoms with Crippen LogP contribution in [0.2, 0.25) is 0 Å². The number of ether oxygens (including phenoxy) is 2. The highest BCUT2D eigenvalue weighted by atomic mass is 16.5. The van der Waals surface area contributed by atoms with Gasteiger partial charge >= 0.3 is 5.97 Å². The normalized spacial score (nSPS) is 11.9. The quantitative estimate of drug-likeness (QED) is 0.768. The zero-order chi connectivity index (χ0) is 12.7. The van der Waals surface area contributed by atoms with Crippen LogP contribution in [0.25, 0.3) is 0 Å². The lowest BCUT2D eigenvalue weighted by Crippen LogP contribution is -2.28. The number of nitrogens with one attached hydrogen (secondary N) is 1. The summed E-state index contributed by atoms with van der Waals surface area (Å²) in [5.41, 5.74) is 1.06. The molecule has 0 saturated carbocycles. The summed E-state index contributed by atoms with van der Waals surface area (Å²) in [7, 11) is 3.03. The zero-order valence-corrected chi connectivity index (χ0v) is 10.5. The van der Waals surface area contributed by atoms with Gasteiger partial charge in [0, 0.05) is 11.6 Å². The summed E-state index contributed by atoms with van der Waals surface area (Å²) in [5, 5.41) is 3.16. The Morgan fingerprint density at radius 3 is 2.65 bits per heavy atom. The van der Waals surface area contributed by atoms with Gasteiger partial charge in [0.15, 0.2) is 0 Å². The maximum Gasteiger partial charge on any atom is 0.319 e. The molecule has 94 valence electrons. The van der Waals surface area contributed by atoms with E-state index in [1.807, 2.05) is 24.3 Å². The van der Waals surface area contributed by atoms with Crippen molar-refractivity contribution in [1.82, 2.24) is 5.32 Å². The Hall–Kier alpha value is -1.55. The van der Waals surface area contributed by atoms with Crippen molar-refractivity contribution in [2.75, 3.05) is 20.8 Å². The second-order valence-corrected chi connectivity index (χ2v) is 3.66. The van der Waals surface area contributed by atoms with E-state index in [1.165, 1.54) is 7.11 Å². The summed E-state index contributed by atoms with van der Waals surface area (Å²) in [4.78, 5) is 11.1. The molecule has 0 saturated heterocycles. The highest BCUT2D eigenvalue weighted by molar-refractivity contribution is 5.71. The summed E-state index contributed by atoms with van der Waals surface area (Å²) in [6, 6.07) is 7.88. The smallest absolute Gasteiger partial charge is 0.319 e.